The lowest BCUT2D eigenvalue weighted by Crippen LogP contribution is -2.35. The average molecular weight is 230 g/mol. The van der Waals surface area contributed by atoms with Crippen LogP contribution >= 0.6 is 0 Å². The minimum atomic E-state index is -2.96. The molecule has 0 aliphatic rings. The van der Waals surface area contributed by atoms with Crippen LogP contribution in [0.2, 0.25) is 5.54 Å². The fourth-order valence-electron chi connectivity index (χ4n) is 1.06. The van der Waals surface area contributed by atoms with E-state index in [2.05, 4.69) is 0 Å². The molecule has 0 aromatic carbocycles. The summed E-state index contributed by atoms with van der Waals surface area (Å²) in [6.45, 7) is 5.64. The van der Waals surface area contributed by atoms with Crippen LogP contribution in [-0.2, 0) is 8.85 Å². The van der Waals surface area contributed by atoms with Crippen LogP contribution in [0, 0.1) is 0 Å². The first-order valence-electron chi connectivity index (χ1n) is 4.69. The van der Waals surface area contributed by atoms with E-state index in [-0.39, 0.29) is 0 Å². The van der Waals surface area contributed by atoms with Crippen molar-refractivity contribution in [3.63, 3.8) is 0 Å². The van der Waals surface area contributed by atoms with Gasteiger partial charge >= 0.3 is 9.28 Å². The third-order valence-corrected chi connectivity index (χ3v) is 4.38. The molecule has 0 saturated heterocycles. The lowest BCUT2D eigenvalue weighted by molar-refractivity contribution is 0.0391. The molecular formula is C8H17F3O2Si. The van der Waals surface area contributed by atoms with Crippen molar-refractivity contribution in [3.05, 3.63) is 0 Å². The zero-order chi connectivity index (χ0) is 11.1. The van der Waals surface area contributed by atoms with Gasteiger partial charge in [0.25, 0.3) is 6.43 Å². The van der Waals surface area contributed by atoms with E-state index in [1.54, 1.807) is 13.8 Å². The fourth-order valence-corrected chi connectivity index (χ4v) is 2.89. The number of rotatable bonds is 7. The van der Waals surface area contributed by atoms with Crippen LogP contribution in [0.1, 0.15) is 20.8 Å². The van der Waals surface area contributed by atoms with Crippen molar-refractivity contribution in [3.8, 4) is 0 Å². The van der Waals surface area contributed by atoms with Gasteiger partial charge in [0.1, 0.15) is 0 Å². The number of hydrogen-bond donors (Lipinski definition) is 0. The molecule has 0 rings (SSSR count). The Kier molecular flexibility index (Phi) is 7.21. The van der Waals surface area contributed by atoms with Crippen molar-refractivity contribution in [2.75, 3.05) is 13.2 Å². The molecule has 14 heavy (non-hydrogen) atoms. The van der Waals surface area contributed by atoms with Crippen LogP contribution in [0.5, 0.6) is 0 Å². The Balaban J connectivity index is 4.18. The molecule has 0 aliphatic carbocycles. The van der Waals surface area contributed by atoms with Crippen molar-refractivity contribution in [2.45, 2.75) is 38.9 Å². The molecule has 0 radical (unpaired) electrons. The molecule has 0 amide bonds. The summed E-state index contributed by atoms with van der Waals surface area (Å²) in [7, 11) is -2.30. The summed E-state index contributed by atoms with van der Waals surface area (Å²) in [6.07, 6.45) is -5.11. The normalized spacial score (nSPS) is 16.3. The molecule has 2 unspecified atom stereocenters. The van der Waals surface area contributed by atoms with Gasteiger partial charge in [-0.15, -0.1) is 0 Å². The van der Waals surface area contributed by atoms with Gasteiger partial charge in [-0.1, -0.05) is 6.92 Å². The van der Waals surface area contributed by atoms with Gasteiger partial charge in [0.05, 0.1) is 0 Å². The molecular weight excluding hydrogens is 213 g/mol. The number of hydrogen-bond acceptors (Lipinski definition) is 2. The Bertz CT molecular complexity index is 143. The van der Waals surface area contributed by atoms with Gasteiger partial charge in [0, 0.05) is 18.8 Å². The molecule has 0 saturated carbocycles. The summed E-state index contributed by atoms with van der Waals surface area (Å²) in [5, 5.41) is 0. The summed E-state index contributed by atoms with van der Waals surface area (Å²) >= 11 is 0. The maximum Gasteiger partial charge on any atom is 0.327 e. The Morgan fingerprint density at radius 3 is 1.79 bits per heavy atom. The van der Waals surface area contributed by atoms with Gasteiger partial charge in [-0.25, -0.2) is 13.2 Å². The van der Waals surface area contributed by atoms with Crippen molar-refractivity contribution < 1.29 is 22.0 Å². The fraction of sp³-hybridized carbons (Fsp3) is 1.00. The largest absolute Gasteiger partial charge is 0.397 e. The topological polar surface area (TPSA) is 18.5 Å². The third-order valence-electron chi connectivity index (χ3n) is 1.83. The quantitative estimate of drug-likeness (QED) is 0.625. The minimum absolute atomic E-state index is 0.372. The first-order chi connectivity index (χ1) is 6.54. The lowest BCUT2D eigenvalue weighted by atomic mass is 10.3. The second-order valence-corrected chi connectivity index (χ2v) is 5.37. The minimum Gasteiger partial charge on any atom is -0.397 e. The molecule has 2 nitrogen and oxygen atoms in total. The molecule has 0 heterocycles. The van der Waals surface area contributed by atoms with Gasteiger partial charge in [-0.3, -0.25) is 0 Å². The first kappa shape index (κ1) is 13.9. The highest BCUT2D eigenvalue weighted by Gasteiger charge is 2.35. The van der Waals surface area contributed by atoms with Crippen LogP contribution in [0.3, 0.4) is 0 Å². The van der Waals surface area contributed by atoms with E-state index < -0.39 is 27.4 Å². The summed E-state index contributed by atoms with van der Waals surface area (Å²) in [6, 6.07) is 0. The molecule has 0 N–H and O–H groups in total. The molecule has 86 valence electrons. The van der Waals surface area contributed by atoms with Crippen LogP contribution in [0.15, 0.2) is 0 Å². The van der Waals surface area contributed by atoms with E-state index in [1.807, 2.05) is 0 Å². The molecule has 0 fully saturated rings. The Hall–Kier alpha value is -0.0731. The van der Waals surface area contributed by atoms with E-state index in [0.29, 0.717) is 13.2 Å². The molecule has 0 bridgehead atoms. The second-order valence-electron chi connectivity index (χ2n) is 2.92. The number of alkyl halides is 3. The summed E-state index contributed by atoms with van der Waals surface area (Å²) in [5.41, 5.74) is -0.824. The van der Waals surface area contributed by atoms with Gasteiger partial charge in [-0.2, -0.15) is 0 Å². The summed E-state index contributed by atoms with van der Waals surface area (Å²) in [4.78, 5) is 0. The zero-order valence-electron chi connectivity index (χ0n) is 8.67. The monoisotopic (exact) mass is 230 g/mol. The predicted octanol–water partition coefficient (Wildman–Crippen LogP) is 2.27. The van der Waals surface area contributed by atoms with Crippen molar-refractivity contribution in [2.24, 2.45) is 0 Å². The Morgan fingerprint density at radius 1 is 1.07 bits per heavy atom. The molecule has 2 atom stereocenters. The van der Waals surface area contributed by atoms with Crippen LogP contribution in [-0.4, -0.2) is 35.1 Å². The van der Waals surface area contributed by atoms with Gasteiger partial charge in [0.15, 0.2) is 6.17 Å². The van der Waals surface area contributed by atoms with Crippen LogP contribution < -0.4 is 0 Å². The van der Waals surface area contributed by atoms with Crippen LogP contribution in [0.4, 0.5) is 13.2 Å². The zero-order valence-corrected chi connectivity index (χ0v) is 9.83. The van der Waals surface area contributed by atoms with Crippen LogP contribution in [0.25, 0.3) is 0 Å². The van der Waals surface area contributed by atoms with E-state index >= 15 is 0 Å². The highest BCUT2D eigenvalue weighted by Crippen LogP contribution is 2.24. The van der Waals surface area contributed by atoms with Gasteiger partial charge in [-0.05, 0) is 13.8 Å². The van der Waals surface area contributed by atoms with Gasteiger partial charge < -0.3 is 8.85 Å². The molecule has 0 aromatic heterocycles. The van der Waals surface area contributed by atoms with E-state index in [1.165, 1.54) is 6.92 Å². The van der Waals surface area contributed by atoms with E-state index in [0.717, 1.165) is 0 Å². The summed E-state index contributed by atoms with van der Waals surface area (Å²) in [5.74, 6) is 0. The Labute approximate surface area is 84.2 Å². The molecule has 0 spiro atoms. The Morgan fingerprint density at radius 2 is 1.50 bits per heavy atom. The SMILES string of the molecule is CCO[SiH](OCC)C(C)C(F)C(F)F. The average Bonchev–Trinajstić information content (AvgIpc) is 2.15. The number of halogens is 3. The molecule has 0 aromatic rings. The van der Waals surface area contributed by atoms with Gasteiger partial charge in [0.2, 0.25) is 0 Å². The maximum absolute atomic E-state index is 12.9. The third kappa shape index (κ3) is 4.43. The predicted molar refractivity (Wildman–Crippen MR) is 50.7 cm³/mol. The molecule has 6 heteroatoms. The first-order valence-corrected chi connectivity index (χ1v) is 6.30. The highest BCUT2D eigenvalue weighted by atomic mass is 28.3. The maximum atomic E-state index is 12.9. The van der Waals surface area contributed by atoms with Crippen molar-refractivity contribution in [1.82, 2.24) is 0 Å². The van der Waals surface area contributed by atoms with Crippen molar-refractivity contribution >= 4 is 9.28 Å². The standard InChI is InChI=1S/C8H17F3O2Si/c1-4-12-14(13-5-2)6(3)7(9)8(10)11/h6-8,14H,4-5H2,1-3H3. The lowest BCUT2D eigenvalue weighted by Gasteiger charge is -2.23. The second kappa shape index (κ2) is 7.25. The highest BCUT2D eigenvalue weighted by molar-refractivity contribution is 6.46. The smallest absolute Gasteiger partial charge is 0.327 e. The summed E-state index contributed by atoms with van der Waals surface area (Å²) < 4.78 is 47.4. The van der Waals surface area contributed by atoms with E-state index in [9.17, 15) is 13.2 Å². The van der Waals surface area contributed by atoms with E-state index in [4.69, 9.17) is 8.85 Å². The molecule has 0 aliphatic heterocycles. The van der Waals surface area contributed by atoms with Crippen molar-refractivity contribution in [1.29, 1.82) is 0 Å².